The molecular weight excluding hydrogens is 228 g/mol. The molecule has 3 heteroatoms. The van der Waals surface area contributed by atoms with Crippen molar-refractivity contribution in [1.29, 1.82) is 0 Å². The lowest BCUT2D eigenvalue weighted by atomic mass is 10.0. The second kappa shape index (κ2) is 5.83. The van der Waals surface area contributed by atoms with Gasteiger partial charge in [0.15, 0.2) is 0 Å². The molecule has 3 nitrogen and oxygen atoms in total. The van der Waals surface area contributed by atoms with Crippen LogP contribution in [0.15, 0.2) is 43.0 Å². The van der Waals surface area contributed by atoms with Crippen molar-refractivity contribution >= 4 is 5.97 Å². The van der Waals surface area contributed by atoms with E-state index in [9.17, 15) is 4.79 Å². The number of ether oxygens (including phenoxy) is 2. The predicted octanol–water partition coefficient (Wildman–Crippen LogP) is 2.71. The second-order valence-electron chi connectivity index (χ2n) is 4.61. The van der Waals surface area contributed by atoms with E-state index in [4.69, 9.17) is 9.47 Å². The maximum absolute atomic E-state index is 11.4. The van der Waals surface area contributed by atoms with E-state index in [1.807, 2.05) is 37.3 Å². The van der Waals surface area contributed by atoms with Gasteiger partial charge in [0.1, 0.15) is 12.2 Å². The lowest BCUT2D eigenvalue weighted by Crippen LogP contribution is -2.26. The molecule has 1 saturated heterocycles. The first-order chi connectivity index (χ1) is 8.70. The first-order valence-electron chi connectivity index (χ1n) is 6.19. The summed E-state index contributed by atoms with van der Waals surface area (Å²) in [7, 11) is 0. The zero-order chi connectivity index (χ0) is 13.0. The van der Waals surface area contributed by atoms with E-state index in [0.29, 0.717) is 13.0 Å². The molecule has 1 aromatic carbocycles. The Labute approximate surface area is 107 Å². The summed E-state index contributed by atoms with van der Waals surface area (Å²) in [6.45, 7) is 6.13. The third kappa shape index (κ3) is 2.99. The molecule has 1 aliphatic rings. The number of rotatable bonds is 5. The van der Waals surface area contributed by atoms with Gasteiger partial charge in [0.2, 0.25) is 0 Å². The second-order valence-corrected chi connectivity index (χ2v) is 4.61. The number of cyclic esters (lactones) is 1. The zero-order valence-corrected chi connectivity index (χ0v) is 10.5. The summed E-state index contributed by atoms with van der Waals surface area (Å²) < 4.78 is 11.0. The van der Waals surface area contributed by atoms with E-state index in [0.717, 1.165) is 5.56 Å². The van der Waals surface area contributed by atoms with Crippen LogP contribution in [0, 0.1) is 5.92 Å². The Balaban J connectivity index is 1.90. The number of benzene rings is 1. The number of hydrogen-bond acceptors (Lipinski definition) is 3. The lowest BCUT2D eigenvalue weighted by Gasteiger charge is -2.19. The largest absolute Gasteiger partial charge is 0.459 e. The molecule has 0 spiro atoms. The minimum absolute atomic E-state index is 0.0437. The Bertz CT molecular complexity index is 413. The number of carbonyl (C=O) groups is 1. The molecule has 0 aliphatic carbocycles. The third-order valence-corrected chi connectivity index (χ3v) is 3.14. The summed E-state index contributed by atoms with van der Waals surface area (Å²) in [6, 6.07) is 9.92. The summed E-state index contributed by atoms with van der Waals surface area (Å²) in [6.07, 6.45) is 1.97. The Morgan fingerprint density at radius 3 is 2.78 bits per heavy atom. The van der Waals surface area contributed by atoms with Crippen LogP contribution in [0.1, 0.15) is 18.9 Å². The van der Waals surface area contributed by atoms with E-state index in [-0.39, 0.29) is 24.1 Å². The molecule has 1 fully saturated rings. The molecule has 96 valence electrons. The molecule has 0 saturated carbocycles. The van der Waals surface area contributed by atoms with Gasteiger partial charge in [0.25, 0.3) is 0 Å². The van der Waals surface area contributed by atoms with Crippen LogP contribution in [0.2, 0.25) is 0 Å². The highest BCUT2D eigenvalue weighted by atomic mass is 16.6. The van der Waals surface area contributed by atoms with E-state index < -0.39 is 0 Å². The van der Waals surface area contributed by atoms with Gasteiger partial charge in [-0.05, 0) is 5.56 Å². The summed E-state index contributed by atoms with van der Waals surface area (Å²) in [4.78, 5) is 11.4. The average molecular weight is 246 g/mol. The van der Waals surface area contributed by atoms with Crippen molar-refractivity contribution in [3.8, 4) is 0 Å². The topological polar surface area (TPSA) is 35.5 Å². The first kappa shape index (κ1) is 12.8. The van der Waals surface area contributed by atoms with Gasteiger partial charge in [-0.3, -0.25) is 4.79 Å². The van der Waals surface area contributed by atoms with Crippen LogP contribution in [0.3, 0.4) is 0 Å². The Hall–Kier alpha value is -1.61. The van der Waals surface area contributed by atoms with Gasteiger partial charge < -0.3 is 9.47 Å². The molecule has 1 heterocycles. The predicted molar refractivity (Wildman–Crippen MR) is 68.9 cm³/mol. The van der Waals surface area contributed by atoms with E-state index >= 15 is 0 Å². The van der Waals surface area contributed by atoms with Crippen LogP contribution in [0.5, 0.6) is 0 Å². The van der Waals surface area contributed by atoms with Crippen LogP contribution in [0.4, 0.5) is 0 Å². The molecule has 0 N–H and O–H groups in total. The fraction of sp³-hybridized carbons (Fsp3) is 0.400. The van der Waals surface area contributed by atoms with Crippen molar-refractivity contribution in [3.63, 3.8) is 0 Å². The maximum Gasteiger partial charge on any atom is 0.309 e. The monoisotopic (exact) mass is 246 g/mol. The number of carbonyl (C=O) groups excluding carboxylic acids is 1. The molecule has 0 aromatic heterocycles. The Morgan fingerprint density at radius 1 is 1.50 bits per heavy atom. The minimum Gasteiger partial charge on any atom is -0.459 e. The zero-order valence-electron chi connectivity index (χ0n) is 10.5. The highest BCUT2D eigenvalue weighted by molar-refractivity contribution is 5.74. The quantitative estimate of drug-likeness (QED) is 0.592. The van der Waals surface area contributed by atoms with Gasteiger partial charge in [-0.15, -0.1) is 6.58 Å². The summed E-state index contributed by atoms with van der Waals surface area (Å²) >= 11 is 0. The minimum atomic E-state index is -0.237. The van der Waals surface area contributed by atoms with E-state index in [2.05, 4.69) is 6.58 Å². The molecular formula is C15H18O3. The number of esters is 1. The van der Waals surface area contributed by atoms with Crippen molar-refractivity contribution in [3.05, 3.63) is 48.6 Å². The van der Waals surface area contributed by atoms with Gasteiger partial charge in [-0.25, -0.2) is 0 Å². The Kier molecular flexibility index (Phi) is 4.15. The molecule has 1 aromatic rings. The third-order valence-electron chi connectivity index (χ3n) is 3.14. The smallest absolute Gasteiger partial charge is 0.309 e. The van der Waals surface area contributed by atoms with Gasteiger partial charge in [0.05, 0.1) is 12.5 Å². The molecule has 0 amide bonds. The van der Waals surface area contributed by atoms with Gasteiger partial charge in [0, 0.05) is 6.42 Å². The van der Waals surface area contributed by atoms with E-state index in [1.165, 1.54) is 0 Å². The van der Waals surface area contributed by atoms with Crippen LogP contribution in [-0.2, 0) is 20.9 Å². The average Bonchev–Trinajstić information content (AvgIpc) is 2.71. The van der Waals surface area contributed by atoms with Crippen molar-refractivity contribution in [2.45, 2.75) is 32.2 Å². The summed E-state index contributed by atoms with van der Waals surface area (Å²) in [5.74, 6) is -0.187. The summed E-state index contributed by atoms with van der Waals surface area (Å²) in [5, 5.41) is 0. The van der Waals surface area contributed by atoms with Gasteiger partial charge in [-0.1, -0.05) is 43.3 Å². The van der Waals surface area contributed by atoms with Gasteiger partial charge >= 0.3 is 5.97 Å². The van der Waals surface area contributed by atoms with Crippen molar-refractivity contribution in [2.24, 2.45) is 5.92 Å². The highest BCUT2D eigenvalue weighted by Crippen LogP contribution is 2.25. The van der Waals surface area contributed by atoms with Crippen LogP contribution >= 0.6 is 0 Å². The van der Waals surface area contributed by atoms with Crippen LogP contribution in [-0.4, -0.2) is 18.2 Å². The molecule has 3 atom stereocenters. The van der Waals surface area contributed by atoms with Gasteiger partial charge in [-0.2, -0.15) is 0 Å². The highest BCUT2D eigenvalue weighted by Gasteiger charge is 2.35. The van der Waals surface area contributed by atoms with Crippen molar-refractivity contribution in [2.75, 3.05) is 0 Å². The fourth-order valence-corrected chi connectivity index (χ4v) is 2.05. The standard InChI is InChI=1S/C15H18O3/c1-3-13(14-9-11(2)15(16)18-14)17-10-12-7-5-4-6-8-12/h3-8,11,13-14H,1,9-10H2,2H3/t11-,13+,14-/m0/s1. The molecule has 0 unspecified atom stereocenters. The normalized spacial score (nSPS) is 24.6. The van der Waals surface area contributed by atoms with Crippen molar-refractivity contribution < 1.29 is 14.3 Å². The fourth-order valence-electron chi connectivity index (χ4n) is 2.05. The molecule has 2 rings (SSSR count). The summed E-state index contributed by atoms with van der Waals surface area (Å²) in [5.41, 5.74) is 1.10. The first-order valence-corrected chi connectivity index (χ1v) is 6.19. The molecule has 0 bridgehead atoms. The lowest BCUT2D eigenvalue weighted by molar-refractivity contribution is -0.148. The van der Waals surface area contributed by atoms with Crippen LogP contribution in [0.25, 0.3) is 0 Å². The molecule has 1 aliphatic heterocycles. The maximum atomic E-state index is 11.4. The SMILES string of the molecule is C=C[C@@H](OCc1ccccc1)[C@@H]1C[C@H](C)C(=O)O1. The molecule has 0 radical (unpaired) electrons. The Morgan fingerprint density at radius 2 is 2.22 bits per heavy atom. The van der Waals surface area contributed by atoms with E-state index in [1.54, 1.807) is 6.08 Å². The van der Waals surface area contributed by atoms with Crippen molar-refractivity contribution in [1.82, 2.24) is 0 Å². The van der Waals surface area contributed by atoms with Crippen LogP contribution < -0.4 is 0 Å². The molecule has 18 heavy (non-hydrogen) atoms. The number of hydrogen-bond donors (Lipinski definition) is 0.